The topological polar surface area (TPSA) is 55.4 Å². The Kier molecular flexibility index (Phi) is 6.08. The van der Waals surface area contributed by atoms with E-state index in [1.54, 1.807) is 0 Å². The van der Waals surface area contributed by atoms with E-state index in [1.165, 1.54) is 0 Å². The molecule has 4 fully saturated rings. The lowest BCUT2D eigenvalue weighted by Gasteiger charge is -2.58. The smallest absolute Gasteiger partial charge is 0.272 e. The maximum absolute atomic E-state index is 8.54. The monoisotopic (exact) mass is 461 g/mol. The molecule has 6 nitrogen and oxygen atoms in total. The van der Waals surface area contributed by atoms with Crippen LogP contribution in [0.2, 0.25) is 0 Å². The van der Waals surface area contributed by atoms with Gasteiger partial charge in [-0.05, 0) is 16.7 Å². The minimum atomic E-state index is -1.88. The molecule has 1 saturated carbocycles. The summed E-state index contributed by atoms with van der Waals surface area (Å²) in [5, 5.41) is 0. The van der Waals surface area contributed by atoms with Gasteiger partial charge in [0.25, 0.3) is 6.45 Å². The molecule has 3 aromatic carbocycles. The Hall–Kier alpha value is -2.58. The molecule has 0 radical (unpaired) electrons. The molecule has 176 valence electrons. The molecule has 0 amide bonds. The summed E-state index contributed by atoms with van der Waals surface area (Å²) < 4.78 is 45.5. The van der Waals surface area contributed by atoms with E-state index in [-0.39, 0.29) is 0 Å². The third-order valence-corrected chi connectivity index (χ3v) is 6.50. The van der Waals surface area contributed by atoms with Crippen molar-refractivity contribution in [3.05, 3.63) is 108 Å². The number of benzene rings is 3. The van der Waals surface area contributed by atoms with Crippen LogP contribution >= 0.6 is 0 Å². The van der Waals surface area contributed by atoms with Crippen LogP contribution in [0.25, 0.3) is 0 Å². The fourth-order valence-corrected chi connectivity index (χ4v) is 4.81. The lowest BCUT2D eigenvalue weighted by molar-refractivity contribution is -0.490. The molecular weight excluding hydrogens is 432 g/mol. The van der Waals surface area contributed by atoms with E-state index in [0.29, 0.717) is 19.8 Å². The molecule has 3 aliphatic heterocycles. The minimum absolute atomic E-state index is 0.387. The molecule has 0 atom stereocenters. The van der Waals surface area contributed by atoms with Crippen LogP contribution in [0.3, 0.4) is 0 Å². The van der Waals surface area contributed by atoms with Gasteiger partial charge >= 0.3 is 0 Å². The Morgan fingerprint density at radius 2 is 0.794 bits per heavy atom. The second-order valence-corrected chi connectivity index (χ2v) is 8.78. The zero-order valence-electron chi connectivity index (χ0n) is 19.7. The molecule has 1 aliphatic carbocycles. The molecule has 0 spiro atoms. The van der Waals surface area contributed by atoms with Gasteiger partial charge in [0, 0.05) is 0 Å². The van der Waals surface area contributed by atoms with Gasteiger partial charge in [0.05, 0.1) is 19.8 Å². The van der Waals surface area contributed by atoms with Crippen molar-refractivity contribution in [2.75, 3.05) is 0 Å². The number of hydrogen-bond acceptors (Lipinski definition) is 6. The van der Waals surface area contributed by atoms with Crippen molar-refractivity contribution >= 4 is 0 Å². The van der Waals surface area contributed by atoms with Crippen LogP contribution in [0.4, 0.5) is 0 Å². The highest BCUT2D eigenvalue weighted by Gasteiger charge is 2.63. The van der Waals surface area contributed by atoms with Gasteiger partial charge in [-0.25, -0.2) is 0 Å². The number of ether oxygens (including phenoxy) is 6. The fourth-order valence-electron chi connectivity index (χ4n) is 4.81. The Morgan fingerprint density at radius 3 is 1.09 bits per heavy atom. The predicted octanol–water partition coefficient (Wildman–Crippen LogP) is 4.22. The lowest BCUT2D eigenvalue weighted by atomic mass is 9.82. The SMILES string of the molecule is [2H]C12OC3C(OCc4ccccc4)C(O1)C(OCc1ccccc1)C(O2)C3OCc1ccccc1. The molecule has 34 heavy (non-hydrogen) atoms. The quantitative estimate of drug-likeness (QED) is 0.476. The van der Waals surface area contributed by atoms with Crippen molar-refractivity contribution in [2.45, 2.75) is 62.9 Å². The Bertz CT molecular complexity index is 947. The van der Waals surface area contributed by atoms with E-state index in [0.717, 1.165) is 16.7 Å². The van der Waals surface area contributed by atoms with Gasteiger partial charge in [-0.2, -0.15) is 0 Å². The van der Waals surface area contributed by atoms with Gasteiger partial charge in [-0.1, -0.05) is 91.0 Å². The summed E-state index contributed by atoms with van der Waals surface area (Å²) in [6, 6.07) is 29.9. The summed E-state index contributed by atoms with van der Waals surface area (Å²) in [6.07, 6.45) is -2.99. The van der Waals surface area contributed by atoms with Gasteiger partial charge in [0.1, 0.15) is 38.0 Å². The first-order valence-electron chi connectivity index (χ1n) is 12.2. The van der Waals surface area contributed by atoms with E-state index in [4.69, 9.17) is 29.8 Å². The molecule has 0 N–H and O–H groups in total. The lowest BCUT2D eigenvalue weighted by Crippen LogP contribution is -2.76. The van der Waals surface area contributed by atoms with Gasteiger partial charge in [-0.15, -0.1) is 0 Å². The Balaban J connectivity index is 1.25. The zero-order chi connectivity index (χ0) is 23.7. The fraction of sp³-hybridized carbons (Fsp3) is 0.357. The van der Waals surface area contributed by atoms with E-state index in [1.807, 2.05) is 91.0 Å². The molecule has 3 saturated heterocycles. The standard InChI is InChI=1S/C28H28O6/c1-4-10-19(11-5-1)16-29-22-25-23(30-17-20-12-6-2-7-13-20)27-24(26(22)33-28(32-25)34-27)31-18-21-14-8-3-9-15-21/h1-15,22-28H,16-18H2/i28D. The first-order valence-corrected chi connectivity index (χ1v) is 11.7. The predicted molar refractivity (Wildman–Crippen MR) is 123 cm³/mol. The molecule has 4 aliphatic rings. The molecule has 3 aromatic rings. The van der Waals surface area contributed by atoms with Gasteiger partial charge in [0.2, 0.25) is 0 Å². The van der Waals surface area contributed by atoms with Gasteiger partial charge in [-0.3, -0.25) is 0 Å². The molecule has 4 bridgehead atoms. The van der Waals surface area contributed by atoms with Crippen LogP contribution < -0.4 is 0 Å². The average Bonchev–Trinajstić information content (AvgIpc) is 2.89. The van der Waals surface area contributed by atoms with Crippen molar-refractivity contribution in [2.24, 2.45) is 0 Å². The van der Waals surface area contributed by atoms with E-state index >= 15 is 0 Å². The first-order chi connectivity index (χ1) is 17.2. The molecule has 0 aromatic heterocycles. The molecular formula is C28H28O6. The van der Waals surface area contributed by atoms with Crippen LogP contribution in [0.1, 0.15) is 18.1 Å². The number of hydrogen-bond donors (Lipinski definition) is 0. The van der Waals surface area contributed by atoms with Gasteiger partial charge in [0.15, 0.2) is 0 Å². The van der Waals surface area contributed by atoms with Crippen molar-refractivity contribution in [3.63, 3.8) is 0 Å². The van der Waals surface area contributed by atoms with E-state index < -0.39 is 43.1 Å². The van der Waals surface area contributed by atoms with Crippen LogP contribution in [-0.4, -0.2) is 43.1 Å². The van der Waals surface area contributed by atoms with Crippen molar-refractivity contribution in [1.29, 1.82) is 0 Å². The molecule has 7 rings (SSSR count). The number of rotatable bonds is 9. The normalized spacial score (nSPS) is 34.2. The zero-order valence-corrected chi connectivity index (χ0v) is 18.7. The highest BCUT2D eigenvalue weighted by molar-refractivity contribution is 5.17. The van der Waals surface area contributed by atoms with Crippen molar-refractivity contribution < 1.29 is 29.8 Å². The van der Waals surface area contributed by atoms with E-state index in [2.05, 4.69) is 0 Å². The highest BCUT2D eigenvalue weighted by Crippen LogP contribution is 2.44. The summed E-state index contributed by atoms with van der Waals surface area (Å²) in [5.41, 5.74) is 3.13. The molecule has 0 unspecified atom stereocenters. The van der Waals surface area contributed by atoms with Crippen LogP contribution in [0, 0.1) is 0 Å². The second-order valence-electron chi connectivity index (χ2n) is 8.78. The maximum atomic E-state index is 8.54. The summed E-state index contributed by atoms with van der Waals surface area (Å²) >= 11 is 0. The second kappa shape index (κ2) is 9.96. The third-order valence-electron chi connectivity index (χ3n) is 6.50. The third kappa shape index (κ3) is 4.53. The van der Waals surface area contributed by atoms with Crippen LogP contribution in [0.5, 0.6) is 0 Å². The minimum Gasteiger partial charge on any atom is -0.368 e. The average molecular weight is 462 g/mol. The van der Waals surface area contributed by atoms with Crippen molar-refractivity contribution in [3.8, 4) is 0 Å². The van der Waals surface area contributed by atoms with Crippen molar-refractivity contribution in [1.82, 2.24) is 0 Å². The molecule has 3 heterocycles. The highest BCUT2D eigenvalue weighted by atomic mass is 16.9. The first kappa shape index (κ1) is 20.8. The van der Waals surface area contributed by atoms with Crippen LogP contribution in [0.15, 0.2) is 91.0 Å². The van der Waals surface area contributed by atoms with Crippen LogP contribution in [-0.2, 0) is 48.2 Å². The maximum Gasteiger partial charge on any atom is 0.272 e. The summed E-state index contributed by atoms with van der Waals surface area (Å²) in [5.74, 6) is 0. The Morgan fingerprint density at radius 1 is 0.500 bits per heavy atom. The summed E-state index contributed by atoms with van der Waals surface area (Å²) in [6.45, 7) is -0.721. The molecule has 6 heteroatoms. The van der Waals surface area contributed by atoms with E-state index in [9.17, 15) is 0 Å². The summed E-state index contributed by atoms with van der Waals surface area (Å²) in [4.78, 5) is 0. The summed E-state index contributed by atoms with van der Waals surface area (Å²) in [7, 11) is 0. The Labute approximate surface area is 200 Å². The van der Waals surface area contributed by atoms with Gasteiger partial charge < -0.3 is 28.4 Å². The largest absolute Gasteiger partial charge is 0.368 e.